The summed E-state index contributed by atoms with van der Waals surface area (Å²) in [6, 6.07) is 10.2. The summed E-state index contributed by atoms with van der Waals surface area (Å²) < 4.78 is 50.8. The van der Waals surface area contributed by atoms with Crippen molar-refractivity contribution in [2.24, 2.45) is 5.16 Å². The molecule has 0 spiro atoms. The number of benzene rings is 2. The van der Waals surface area contributed by atoms with Gasteiger partial charge in [-0.15, -0.1) is 0 Å². The van der Waals surface area contributed by atoms with Gasteiger partial charge < -0.3 is 14.3 Å². The van der Waals surface area contributed by atoms with Crippen LogP contribution in [0.25, 0.3) is 0 Å². The van der Waals surface area contributed by atoms with Crippen LogP contribution in [0.15, 0.2) is 53.7 Å². The lowest BCUT2D eigenvalue weighted by Crippen LogP contribution is -2.24. The number of unbranched alkanes of at least 4 members (excludes halogenated alkanes) is 1. The minimum Gasteiger partial charge on any atom is -0.493 e. The standard InChI is InChI=1S/C25H30F3NO3/c1-5-6-14-31-22-16-18(2)23(19(3)17-22)32-15-8-7-9-20-10-12-21(13-11-20)24(29-30-4)25(26,27)28/h5-6,10-13,16-17H,7-9,14-15H2,1-4H3/b6-5+,29-24?. The van der Waals surface area contributed by atoms with Crippen LogP contribution in [0.5, 0.6) is 11.5 Å². The van der Waals surface area contributed by atoms with Gasteiger partial charge in [0, 0.05) is 5.56 Å². The molecule has 0 heterocycles. The lowest BCUT2D eigenvalue weighted by atomic mass is 10.0. The van der Waals surface area contributed by atoms with Gasteiger partial charge in [0.2, 0.25) is 0 Å². The van der Waals surface area contributed by atoms with E-state index in [-0.39, 0.29) is 5.56 Å². The van der Waals surface area contributed by atoms with E-state index < -0.39 is 11.9 Å². The zero-order chi connectivity index (χ0) is 23.6. The summed E-state index contributed by atoms with van der Waals surface area (Å²) in [6.45, 7) is 7.04. The van der Waals surface area contributed by atoms with E-state index in [0.29, 0.717) is 13.2 Å². The summed E-state index contributed by atoms with van der Waals surface area (Å²) in [6.07, 6.45) is 1.77. The Hall–Kier alpha value is -2.96. The van der Waals surface area contributed by atoms with Crippen LogP contribution in [-0.2, 0) is 11.3 Å². The van der Waals surface area contributed by atoms with Gasteiger partial charge in [-0.3, -0.25) is 0 Å². The van der Waals surface area contributed by atoms with E-state index in [1.165, 1.54) is 12.1 Å². The van der Waals surface area contributed by atoms with Gasteiger partial charge in [0.25, 0.3) is 0 Å². The van der Waals surface area contributed by atoms with E-state index >= 15 is 0 Å². The SMILES string of the molecule is C/C=C/COc1cc(C)c(OCCCCc2ccc(C(=NOC)C(F)(F)F)cc2)c(C)c1. The third kappa shape index (κ3) is 7.62. The molecule has 0 radical (unpaired) electrons. The number of nitrogens with zero attached hydrogens (tertiary/aromatic N) is 1. The highest BCUT2D eigenvalue weighted by molar-refractivity contribution is 6.04. The molecule has 0 fully saturated rings. The molecule has 0 unspecified atom stereocenters. The Balaban J connectivity index is 1.83. The molecule has 2 rings (SSSR count). The Morgan fingerprint density at radius 2 is 1.66 bits per heavy atom. The lowest BCUT2D eigenvalue weighted by Gasteiger charge is -2.14. The van der Waals surface area contributed by atoms with Gasteiger partial charge in [-0.05, 0) is 68.9 Å². The first kappa shape index (κ1) is 25.3. The van der Waals surface area contributed by atoms with E-state index in [0.717, 1.165) is 54.6 Å². The maximum absolute atomic E-state index is 13.0. The minimum absolute atomic E-state index is 0.0180. The van der Waals surface area contributed by atoms with Crippen LogP contribution in [0.1, 0.15) is 42.0 Å². The molecule has 0 aliphatic heterocycles. The van der Waals surface area contributed by atoms with Crippen molar-refractivity contribution in [1.82, 2.24) is 0 Å². The Bertz CT molecular complexity index is 896. The molecule has 2 aromatic rings. The van der Waals surface area contributed by atoms with Gasteiger partial charge in [0.05, 0.1) is 6.61 Å². The van der Waals surface area contributed by atoms with Gasteiger partial charge in [-0.2, -0.15) is 13.2 Å². The predicted molar refractivity (Wildman–Crippen MR) is 121 cm³/mol. The molecular weight excluding hydrogens is 419 g/mol. The molecule has 0 saturated heterocycles. The van der Waals surface area contributed by atoms with Crippen molar-refractivity contribution in [3.05, 3.63) is 70.8 Å². The van der Waals surface area contributed by atoms with Crippen LogP contribution in [0.2, 0.25) is 0 Å². The fourth-order valence-electron chi connectivity index (χ4n) is 3.26. The van der Waals surface area contributed by atoms with Crippen molar-refractivity contribution < 1.29 is 27.5 Å². The normalized spacial score (nSPS) is 12.3. The van der Waals surface area contributed by atoms with Crippen molar-refractivity contribution >= 4 is 5.71 Å². The molecule has 0 N–H and O–H groups in total. The number of hydrogen-bond donors (Lipinski definition) is 0. The molecule has 0 atom stereocenters. The topological polar surface area (TPSA) is 40.0 Å². The first-order valence-corrected chi connectivity index (χ1v) is 10.5. The van der Waals surface area contributed by atoms with Gasteiger partial charge in [0.15, 0.2) is 5.71 Å². The molecule has 0 bridgehead atoms. The molecule has 0 saturated carbocycles. The number of ether oxygens (including phenoxy) is 2. The van der Waals surface area contributed by atoms with Gasteiger partial charge in [0.1, 0.15) is 25.2 Å². The van der Waals surface area contributed by atoms with E-state index in [1.807, 2.05) is 45.1 Å². The van der Waals surface area contributed by atoms with Crippen molar-refractivity contribution in [3.63, 3.8) is 0 Å². The number of allylic oxidation sites excluding steroid dienone is 1. The van der Waals surface area contributed by atoms with E-state index in [1.54, 1.807) is 12.1 Å². The second-order valence-corrected chi connectivity index (χ2v) is 7.39. The van der Waals surface area contributed by atoms with E-state index in [9.17, 15) is 13.2 Å². The first-order valence-electron chi connectivity index (χ1n) is 10.5. The van der Waals surface area contributed by atoms with Crippen LogP contribution in [0.3, 0.4) is 0 Å². The molecule has 0 amide bonds. The van der Waals surface area contributed by atoms with Crippen molar-refractivity contribution in [2.45, 2.75) is 46.2 Å². The van der Waals surface area contributed by atoms with Gasteiger partial charge in [-0.1, -0.05) is 41.6 Å². The molecule has 0 aromatic heterocycles. The maximum Gasteiger partial charge on any atom is 0.437 e. The minimum atomic E-state index is -4.57. The average Bonchev–Trinajstić information content (AvgIpc) is 2.73. The third-order valence-electron chi connectivity index (χ3n) is 4.80. The van der Waals surface area contributed by atoms with Crippen LogP contribution < -0.4 is 9.47 Å². The van der Waals surface area contributed by atoms with Gasteiger partial charge in [-0.25, -0.2) is 0 Å². The summed E-state index contributed by atoms with van der Waals surface area (Å²) in [7, 11) is 1.10. The van der Waals surface area contributed by atoms with Crippen molar-refractivity contribution in [3.8, 4) is 11.5 Å². The fourth-order valence-corrected chi connectivity index (χ4v) is 3.26. The van der Waals surface area contributed by atoms with Crippen LogP contribution in [0, 0.1) is 13.8 Å². The number of rotatable bonds is 11. The maximum atomic E-state index is 13.0. The molecule has 7 heteroatoms. The monoisotopic (exact) mass is 449 g/mol. The summed E-state index contributed by atoms with van der Waals surface area (Å²) in [4.78, 5) is 4.33. The summed E-state index contributed by atoms with van der Waals surface area (Å²) in [5, 5.41) is 3.11. The molecule has 174 valence electrons. The highest BCUT2D eigenvalue weighted by Gasteiger charge is 2.37. The number of oxime groups is 1. The number of hydrogen-bond acceptors (Lipinski definition) is 4. The molecule has 4 nitrogen and oxygen atoms in total. The zero-order valence-corrected chi connectivity index (χ0v) is 19.0. The number of aryl methyl sites for hydroxylation is 3. The van der Waals surface area contributed by atoms with Crippen LogP contribution in [0.4, 0.5) is 13.2 Å². The van der Waals surface area contributed by atoms with Crippen molar-refractivity contribution in [1.29, 1.82) is 0 Å². The molecule has 0 aliphatic carbocycles. The highest BCUT2D eigenvalue weighted by Crippen LogP contribution is 2.29. The average molecular weight is 450 g/mol. The molecular formula is C25H30F3NO3. The summed E-state index contributed by atoms with van der Waals surface area (Å²) in [5.41, 5.74) is 1.95. The summed E-state index contributed by atoms with van der Waals surface area (Å²) >= 11 is 0. The largest absolute Gasteiger partial charge is 0.493 e. The van der Waals surface area contributed by atoms with E-state index in [4.69, 9.17) is 9.47 Å². The molecule has 0 aliphatic rings. The van der Waals surface area contributed by atoms with Crippen molar-refractivity contribution in [2.75, 3.05) is 20.3 Å². The molecule has 2 aromatic carbocycles. The Labute approximate surface area is 187 Å². The quantitative estimate of drug-likeness (QED) is 0.169. The Morgan fingerprint density at radius 3 is 2.22 bits per heavy atom. The fraction of sp³-hybridized carbons (Fsp3) is 0.400. The predicted octanol–water partition coefficient (Wildman–Crippen LogP) is 6.57. The lowest BCUT2D eigenvalue weighted by molar-refractivity contribution is -0.0608. The summed E-state index contributed by atoms with van der Waals surface area (Å²) in [5.74, 6) is 1.68. The number of alkyl halides is 3. The zero-order valence-electron chi connectivity index (χ0n) is 19.0. The Morgan fingerprint density at radius 1 is 1.00 bits per heavy atom. The second-order valence-electron chi connectivity index (χ2n) is 7.39. The first-order chi connectivity index (χ1) is 15.3. The Kier molecular flexibility index (Phi) is 9.62. The molecule has 32 heavy (non-hydrogen) atoms. The van der Waals surface area contributed by atoms with Crippen LogP contribution >= 0.6 is 0 Å². The second kappa shape index (κ2) is 12.2. The van der Waals surface area contributed by atoms with Gasteiger partial charge >= 0.3 is 6.18 Å². The highest BCUT2D eigenvalue weighted by atomic mass is 19.4. The van der Waals surface area contributed by atoms with E-state index in [2.05, 4.69) is 9.99 Å². The number of halogens is 3. The van der Waals surface area contributed by atoms with Crippen LogP contribution in [-0.4, -0.2) is 32.2 Å². The third-order valence-corrected chi connectivity index (χ3v) is 4.80. The smallest absolute Gasteiger partial charge is 0.437 e.